The SMILES string of the molecule is [2H]C([2H])([2H])c1ccc(-c2c(C)ccc3c2oc2cc4ccccc4cc23)[n+](C)c1. The molecule has 0 unspecified atom stereocenters. The van der Waals surface area contributed by atoms with Crippen LogP contribution in [0.2, 0.25) is 0 Å². The number of fused-ring (bicyclic) bond motifs is 4. The molecule has 0 bridgehead atoms. The molecule has 0 saturated carbocycles. The number of pyridine rings is 1. The molecule has 0 amide bonds. The van der Waals surface area contributed by atoms with Crippen molar-refractivity contribution in [1.82, 2.24) is 0 Å². The van der Waals surface area contributed by atoms with Gasteiger partial charge in [0.15, 0.2) is 6.20 Å². The van der Waals surface area contributed by atoms with E-state index in [1.807, 2.05) is 29.8 Å². The lowest BCUT2D eigenvalue weighted by Gasteiger charge is -2.05. The fourth-order valence-electron chi connectivity index (χ4n) is 3.81. The maximum Gasteiger partial charge on any atom is 0.216 e. The van der Waals surface area contributed by atoms with E-state index in [1.165, 1.54) is 5.39 Å². The van der Waals surface area contributed by atoms with Gasteiger partial charge in [0.2, 0.25) is 5.69 Å². The Morgan fingerprint density at radius 1 is 0.923 bits per heavy atom. The van der Waals surface area contributed by atoms with Gasteiger partial charge >= 0.3 is 0 Å². The lowest BCUT2D eigenvalue weighted by Crippen LogP contribution is -2.31. The average molecular weight is 341 g/mol. The maximum absolute atomic E-state index is 7.66. The van der Waals surface area contributed by atoms with E-state index >= 15 is 0 Å². The van der Waals surface area contributed by atoms with Crippen molar-refractivity contribution in [2.45, 2.75) is 13.8 Å². The van der Waals surface area contributed by atoms with Crippen molar-refractivity contribution in [2.24, 2.45) is 7.05 Å². The number of rotatable bonds is 1. The fraction of sp³-hybridized carbons (Fsp3) is 0.125. The number of aryl methyl sites for hydroxylation is 3. The largest absolute Gasteiger partial charge is 0.455 e. The molecule has 2 heteroatoms. The minimum atomic E-state index is -2.13. The molecule has 26 heavy (non-hydrogen) atoms. The molecule has 5 aromatic rings. The van der Waals surface area contributed by atoms with Crippen LogP contribution in [0.1, 0.15) is 15.2 Å². The Morgan fingerprint density at radius 2 is 1.73 bits per heavy atom. The summed E-state index contributed by atoms with van der Waals surface area (Å²) < 4.78 is 31.2. The van der Waals surface area contributed by atoms with E-state index in [2.05, 4.69) is 43.3 Å². The van der Waals surface area contributed by atoms with Crippen molar-refractivity contribution in [3.05, 3.63) is 78.0 Å². The molecule has 5 rings (SSSR count). The molecule has 0 radical (unpaired) electrons. The van der Waals surface area contributed by atoms with Crippen molar-refractivity contribution < 1.29 is 13.1 Å². The first-order chi connectivity index (χ1) is 13.8. The summed E-state index contributed by atoms with van der Waals surface area (Å²) in [7, 11) is 1.87. The maximum atomic E-state index is 7.66. The highest BCUT2D eigenvalue weighted by Crippen LogP contribution is 2.38. The molecule has 2 aromatic heterocycles. The van der Waals surface area contributed by atoms with E-state index in [0.717, 1.165) is 44.1 Å². The molecule has 0 atom stereocenters. The molecule has 0 aliphatic rings. The van der Waals surface area contributed by atoms with E-state index in [4.69, 9.17) is 8.53 Å². The molecule has 0 aliphatic carbocycles. The molecule has 3 aromatic carbocycles. The molecule has 0 N–H and O–H groups in total. The second-order valence-corrected chi connectivity index (χ2v) is 6.85. The van der Waals surface area contributed by atoms with Gasteiger partial charge in [0.05, 0.1) is 5.56 Å². The number of hydrogen-bond donors (Lipinski definition) is 0. The number of nitrogens with zero attached hydrogens (tertiary/aromatic N) is 1. The molecule has 0 aliphatic heterocycles. The lowest BCUT2D eigenvalue weighted by molar-refractivity contribution is -0.660. The molecule has 0 saturated heterocycles. The Hall–Kier alpha value is -3.13. The van der Waals surface area contributed by atoms with Gasteiger partial charge in [-0.1, -0.05) is 36.4 Å². The third kappa shape index (κ3) is 2.15. The zero-order valence-corrected chi connectivity index (χ0v) is 14.7. The van der Waals surface area contributed by atoms with E-state index in [9.17, 15) is 0 Å². The third-order valence-electron chi connectivity index (χ3n) is 5.11. The first-order valence-electron chi connectivity index (χ1n) is 10.2. The second kappa shape index (κ2) is 5.43. The van der Waals surface area contributed by atoms with Gasteiger partial charge in [-0.05, 0) is 48.3 Å². The third-order valence-corrected chi connectivity index (χ3v) is 5.11. The van der Waals surface area contributed by atoms with Gasteiger partial charge in [-0.3, -0.25) is 0 Å². The van der Waals surface area contributed by atoms with Gasteiger partial charge in [-0.25, -0.2) is 4.57 Å². The monoisotopic (exact) mass is 341 g/mol. The van der Waals surface area contributed by atoms with E-state index in [-0.39, 0.29) is 0 Å². The Labute approximate surface area is 156 Å². The van der Waals surface area contributed by atoms with Crippen molar-refractivity contribution in [3.8, 4) is 11.3 Å². The molecule has 0 fully saturated rings. The van der Waals surface area contributed by atoms with Gasteiger partial charge in [0, 0.05) is 26.5 Å². The van der Waals surface area contributed by atoms with E-state index in [0.29, 0.717) is 5.56 Å². The summed E-state index contributed by atoms with van der Waals surface area (Å²) in [6.45, 7) is -0.0764. The van der Waals surface area contributed by atoms with Crippen LogP contribution in [0.3, 0.4) is 0 Å². The quantitative estimate of drug-likeness (QED) is 0.350. The lowest BCUT2D eigenvalue weighted by atomic mass is 9.99. The Kier molecular flexibility index (Phi) is 2.56. The van der Waals surface area contributed by atoms with Crippen LogP contribution in [0, 0.1) is 13.8 Å². The van der Waals surface area contributed by atoms with Crippen LogP contribution < -0.4 is 4.57 Å². The van der Waals surface area contributed by atoms with Crippen LogP contribution in [0.5, 0.6) is 0 Å². The predicted octanol–water partition coefficient (Wildman–Crippen LogP) is 5.85. The molecule has 2 heterocycles. The van der Waals surface area contributed by atoms with Gasteiger partial charge in [0.1, 0.15) is 18.2 Å². The van der Waals surface area contributed by atoms with E-state index in [1.54, 1.807) is 12.3 Å². The summed E-state index contributed by atoms with van der Waals surface area (Å²) in [6.07, 6.45) is 1.68. The standard InChI is InChI=1S/C24H20NO/c1-15-8-11-21(25(3)14-15)23-16(2)9-10-19-20-12-17-6-4-5-7-18(17)13-22(20)26-24(19)23/h4-14H,1-3H3/q+1/i1D3. The zero-order valence-electron chi connectivity index (χ0n) is 17.7. The fourth-order valence-corrected chi connectivity index (χ4v) is 3.81. The van der Waals surface area contributed by atoms with Crippen molar-refractivity contribution in [2.75, 3.05) is 0 Å². The molecule has 2 nitrogen and oxygen atoms in total. The minimum absolute atomic E-state index is 0.324. The number of aromatic nitrogens is 1. The smallest absolute Gasteiger partial charge is 0.216 e. The van der Waals surface area contributed by atoms with Crippen molar-refractivity contribution in [3.63, 3.8) is 0 Å². The normalized spacial score (nSPS) is 13.8. The van der Waals surface area contributed by atoms with Gasteiger partial charge in [-0.15, -0.1) is 0 Å². The molecular formula is C24H20NO+. The highest BCUT2D eigenvalue weighted by atomic mass is 16.3. The van der Waals surface area contributed by atoms with Gasteiger partial charge in [-0.2, -0.15) is 0 Å². The summed E-state index contributed by atoms with van der Waals surface area (Å²) in [5.41, 5.74) is 5.00. The number of benzene rings is 3. The number of furan rings is 1. The number of hydrogen-bond acceptors (Lipinski definition) is 1. The van der Waals surface area contributed by atoms with Gasteiger partial charge < -0.3 is 4.42 Å². The highest BCUT2D eigenvalue weighted by Gasteiger charge is 2.20. The summed E-state index contributed by atoms with van der Waals surface area (Å²) in [5, 5.41) is 4.47. The molecule has 0 spiro atoms. The summed E-state index contributed by atoms with van der Waals surface area (Å²) in [4.78, 5) is 0. The second-order valence-electron chi connectivity index (χ2n) is 6.85. The van der Waals surface area contributed by atoms with Crippen molar-refractivity contribution >= 4 is 32.7 Å². The molecule has 126 valence electrons. The minimum Gasteiger partial charge on any atom is -0.455 e. The van der Waals surface area contributed by atoms with Crippen LogP contribution in [0.15, 0.2) is 71.3 Å². The first kappa shape index (κ1) is 12.3. The first-order valence-corrected chi connectivity index (χ1v) is 8.68. The Morgan fingerprint density at radius 3 is 2.50 bits per heavy atom. The summed E-state index contributed by atoms with van der Waals surface area (Å²) in [6, 6.07) is 20.3. The van der Waals surface area contributed by atoms with Crippen LogP contribution in [-0.4, -0.2) is 0 Å². The average Bonchev–Trinajstić information content (AvgIpc) is 3.03. The van der Waals surface area contributed by atoms with Gasteiger partial charge in [0.25, 0.3) is 0 Å². The van der Waals surface area contributed by atoms with Crippen LogP contribution in [0.4, 0.5) is 0 Å². The van der Waals surface area contributed by atoms with Crippen LogP contribution >= 0.6 is 0 Å². The predicted molar refractivity (Wildman–Crippen MR) is 107 cm³/mol. The summed E-state index contributed by atoms with van der Waals surface area (Å²) in [5.74, 6) is 0. The van der Waals surface area contributed by atoms with Crippen molar-refractivity contribution in [1.29, 1.82) is 0 Å². The Balaban J connectivity index is 1.82. The summed E-state index contributed by atoms with van der Waals surface area (Å²) >= 11 is 0. The van der Waals surface area contributed by atoms with Crippen LogP contribution in [0.25, 0.3) is 44.0 Å². The zero-order chi connectivity index (χ0) is 20.3. The van der Waals surface area contributed by atoms with E-state index < -0.39 is 6.85 Å². The molecular weight excluding hydrogens is 318 g/mol. The Bertz CT molecular complexity index is 1410. The van der Waals surface area contributed by atoms with Crippen LogP contribution in [-0.2, 0) is 7.05 Å². The highest BCUT2D eigenvalue weighted by molar-refractivity contribution is 6.13. The topological polar surface area (TPSA) is 17.0 Å².